The summed E-state index contributed by atoms with van der Waals surface area (Å²) < 4.78 is 31.4. The Balaban J connectivity index is 3.50. The Morgan fingerprint density at radius 2 is 2.19 bits per heavy atom. The zero-order chi connectivity index (χ0) is 12.5. The van der Waals surface area contributed by atoms with Crippen LogP contribution >= 0.6 is 11.6 Å². The molecule has 0 saturated carbocycles. The Bertz CT molecular complexity index is 439. The van der Waals surface area contributed by atoms with E-state index in [0.29, 0.717) is 6.07 Å². The SMILES string of the molecule is COc1c(F)cc(Cl)c(F)c1C(N)C(=O)O. The normalized spacial score (nSPS) is 12.3. The largest absolute Gasteiger partial charge is 0.493 e. The number of carboxylic acids is 1. The predicted octanol–water partition coefficient (Wildman–Crippen LogP) is 1.71. The highest BCUT2D eigenvalue weighted by molar-refractivity contribution is 6.30. The maximum absolute atomic E-state index is 13.5. The lowest BCUT2D eigenvalue weighted by Gasteiger charge is -2.14. The number of hydrogen-bond donors (Lipinski definition) is 2. The van der Waals surface area contributed by atoms with Crippen LogP contribution in [0.3, 0.4) is 0 Å². The van der Waals surface area contributed by atoms with Crippen LogP contribution in [0.5, 0.6) is 5.75 Å². The third-order valence-electron chi connectivity index (χ3n) is 1.94. The molecule has 0 aliphatic carbocycles. The molecule has 88 valence electrons. The van der Waals surface area contributed by atoms with Crippen molar-refractivity contribution in [2.75, 3.05) is 7.11 Å². The lowest BCUT2D eigenvalue weighted by Crippen LogP contribution is -2.23. The van der Waals surface area contributed by atoms with E-state index in [1.807, 2.05) is 0 Å². The van der Waals surface area contributed by atoms with Crippen molar-refractivity contribution in [3.8, 4) is 5.75 Å². The third-order valence-corrected chi connectivity index (χ3v) is 2.22. The molecule has 1 aromatic carbocycles. The first kappa shape index (κ1) is 12.7. The maximum Gasteiger partial charge on any atom is 0.325 e. The number of halogens is 3. The quantitative estimate of drug-likeness (QED) is 0.802. The van der Waals surface area contributed by atoms with Crippen LogP contribution in [0.15, 0.2) is 6.07 Å². The van der Waals surface area contributed by atoms with Crippen molar-refractivity contribution < 1.29 is 23.4 Å². The Morgan fingerprint density at radius 1 is 1.62 bits per heavy atom. The van der Waals surface area contributed by atoms with Gasteiger partial charge in [0.25, 0.3) is 0 Å². The molecular formula is C9H8ClF2NO3. The van der Waals surface area contributed by atoms with Crippen molar-refractivity contribution in [1.29, 1.82) is 0 Å². The first-order valence-corrected chi connectivity index (χ1v) is 4.47. The molecule has 1 aromatic rings. The number of carboxylic acid groups (broad SMARTS) is 1. The molecule has 0 saturated heterocycles. The highest BCUT2D eigenvalue weighted by Crippen LogP contribution is 2.34. The Labute approximate surface area is 94.6 Å². The number of ether oxygens (including phenoxy) is 1. The zero-order valence-electron chi connectivity index (χ0n) is 8.13. The van der Waals surface area contributed by atoms with Crippen LogP contribution in [-0.4, -0.2) is 18.2 Å². The van der Waals surface area contributed by atoms with Gasteiger partial charge < -0.3 is 15.6 Å². The van der Waals surface area contributed by atoms with E-state index in [1.54, 1.807) is 0 Å². The first-order chi connectivity index (χ1) is 7.40. The third kappa shape index (κ3) is 2.07. The molecular weight excluding hydrogens is 244 g/mol. The van der Waals surface area contributed by atoms with E-state index in [2.05, 4.69) is 4.74 Å². The van der Waals surface area contributed by atoms with Crippen LogP contribution in [-0.2, 0) is 4.79 Å². The van der Waals surface area contributed by atoms with E-state index in [9.17, 15) is 13.6 Å². The molecule has 0 bridgehead atoms. The number of nitrogens with two attached hydrogens (primary N) is 1. The van der Waals surface area contributed by atoms with Gasteiger partial charge in [0, 0.05) is 0 Å². The van der Waals surface area contributed by atoms with Crippen LogP contribution in [0.1, 0.15) is 11.6 Å². The van der Waals surface area contributed by atoms with Crippen LogP contribution in [0.4, 0.5) is 8.78 Å². The molecule has 1 rings (SSSR count). The summed E-state index contributed by atoms with van der Waals surface area (Å²) in [5, 5.41) is 8.10. The summed E-state index contributed by atoms with van der Waals surface area (Å²) >= 11 is 5.38. The second-order valence-electron chi connectivity index (χ2n) is 2.92. The number of benzene rings is 1. The standard InChI is InChI=1S/C9H8ClF2NO3/c1-16-8-4(11)2-3(10)6(12)5(8)7(13)9(14)15/h2,7H,13H2,1H3,(H,14,15). The van der Waals surface area contributed by atoms with Crippen molar-refractivity contribution in [2.45, 2.75) is 6.04 Å². The van der Waals surface area contributed by atoms with E-state index < -0.39 is 40.0 Å². The Kier molecular flexibility index (Phi) is 3.66. The molecule has 0 fully saturated rings. The molecule has 0 aliphatic heterocycles. The summed E-state index contributed by atoms with van der Waals surface area (Å²) in [4.78, 5) is 10.6. The van der Waals surface area contributed by atoms with Gasteiger partial charge in [-0.15, -0.1) is 0 Å². The van der Waals surface area contributed by atoms with Crippen molar-refractivity contribution >= 4 is 17.6 Å². The van der Waals surface area contributed by atoms with Gasteiger partial charge in [0.15, 0.2) is 17.4 Å². The van der Waals surface area contributed by atoms with E-state index in [4.69, 9.17) is 22.4 Å². The number of carbonyl (C=O) groups is 1. The second kappa shape index (κ2) is 4.63. The van der Waals surface area contributed by atoms with Gasteiger partial charge in [-0.05, 0) is 6.07 Å². The van der Waals surface area contributed by atoms with Gasteiger partial charge in [-0.3, -0.25) is 4.79 Å². The Morgan fingerprint density at radius 3 is 2.62 bits per heavy atom. The summed E-state index contributed by atoms with van der Waals surface area (Å²) in [6.07, 6.45) is 0. The van der Waals surface area contributed by atoms with E-state index >= 15 is 0 Å². The number of aliphatic carboxylic acids is 1. The fraction of sp³-hybridized carbons (Fsp3) is 0.222. The average Bonchev–Trinajstić information content (AvgIpc) is 2.21. The van der Waals surface area contributed by atoms with E-state index in [0.717, 1.165) is 7.11 Å². The van der Waals surface area contributed by atoms with Gasteiger partial charge >= 0.3 is 5.97 Å². The summed E-state index contributed by atoms with van der Waals surface area (Å²) in [5.74, 6) is -4.15. The average molecular weight is 252 g/mol. The van der Waals surface area contributed by atoms with E-state index in [-0.39, 0.29) is 0 Å². The molecule has 0 heterocycles. The highest BCUT2D eigenvalue weighted by atomic mass is 35.5. The topological polar surface area (TPSA) is 72.5 Å². The zero-order valence-corrected chi connectivity index (χ0v) is 8.89. The van der Waals surface area contributed by atoms with Crippen molar-refractivity contribution in [2.24, 2.45) is 5.73 Å². The van der Waals surface area contributed by atoms with Gasteiger partial charge in [0.2, 0.25) is 0 Å². The summed E-state index contributed by atoms with van der Waals surface area (Å²) in [5.41, 5.74) is 4.60. The van der Waals surface area contributed by atoms with Crippen LogP contribution in [0.2, 0.25) is 5.02 Å². The molecule has 0 amide bonds. The van der Waals surface area contributed by atoms with Gasteiger partial charge in [-0.25, -0.2) is 8.78 Å². The minimum absolute atomic E-state index is 0.551. The monoisotopic (exact) mass is 251 g/mol. The van der Waals surface area contributed by atoms with Crippen molar-refractivity contribution in [1.82, 2.24) is 0 Å². The lowest BCUT2D eigenvalue weighted by molar-refractivity contribution is -0.138. The molecule has 0 spiro atoms. The van der Waals surface area contributed by atoms with Crippen LogP contribution in [0, 0.1) is 11.6 Å². The molecule has 0 aromatic heterocycles. The number of methoxy groups -OCH3 is 1. The number of rotatable bonds is 3. The number of hydrogen-bond acceptors (Lipinski definition) is 3. The minimum Gasteiger partial charge on any atom is -0.493 e. The second-order valence-corrected chi connectivity index (χ2v) is 3.32. The molecule has 0 aliphatic rings. The molecule has 0 radical (unpaired) electrons. The molecule has 16 heavy (non-hydrogen) atoms. The van der Waals surface area contributed by atoms with Crippen LogP contribution < -0.4 is 10.5 Å². The van der Waals surface area contributed by atoms with E-state index in [1.165, 1.54) is 0 Å². The maximum atomic E-state index is 13.5. The fourth-order valence-corrected chi connectivity index (χ4v) is 1.40. The smallest absolute Gasteiger partial charge is 0.325 e. The van der Waals surface area contributed by atoms with Gasteiger partial charge in [0.05, 0.1) is 17.7 Å². The van der Waals surface area contributed by atoms with Crippen molar-refractivity contribution in [3.63, 3.8) is 0 Å². The molecule has 1 unspecified atom stereocenters. The highest BCUT2D eigenvalue weighted by Gasteiger charge is 2.27. The van der Waals surface area contributed by atoms with Gasteiger partial charge in [0.1, 0.15) is 6.04 Å². The summed E-state index contributed by atoms with van der Waals surface area (Å²) in [6.45, 7) is 0. The fourth-order valence-electron chi connectivity index (χ4n) is 1.21. The lowest BCUT2D eigenvalue weighted by atomic mass is 10.1. The molecule has 4 nitrogen and oxygen atoms in total. The predicted molar refractivity (Wildman–Crippen MR) is 52.5 cm³/mol. The summed E-state index contributed by atoms with van der Waals surface area (Å²) in [7, 11) is 1.07. The van der Waals surface area contributed by atoms with Crippen LogP contribution in [0.25, 0.3) is 0 Å². The molecule has 3 N–H and O–H groups in total. The van der Waals surface area contributed by atoms with Gasteiger partial charge in [-0.1, -0.05) is 11.6 Å². The molecule has 1 atom stereocenters. The van der Waals surface area contributed by atoms with Crippen molar-refractivity contribution in [3.05, 3.63) is 28.3 Å². The minimum atomic E-state index is -1.75. The molecule has 7 heteroatoms. The van der Waals surface area contributed by atoms with Gasteiger partial charge in [-0.2, -0.15) is 0 Å². The summed E-state index contributed by atoms with van der Waals surface area (Å²) in [6, 6.07) is -1.06. The first-order valence-electron chi connectivity index (χ1n) is 4.10. The Hall–Kier alpha value is -1.40.